The quantitative estimate of drug-likeness (QED) is 0.756. The normalized spacial score (nSPS) is 11.8. The summed E-state index contributed by atoms with van der Waals surface area (Å²) in [6.45, 7) is 7.46. The standard InChI is InChI=1S/C22H27FN2O3/c1-15(2)24-22(27)17(4)25(13-18-7-5-6-16(3)12-18)21(26)14-28-20-10-8-19(23)9-11-20/h5-12,15,17H,13-14H2,1-4H3,(H,24,27)/t17-/m1/s1. The Hall–Kier alpha value is -2.89. The molecule has 0 unspecified atom stereocenters. The SMILES string of the molecule is Cc1cccc(CN(C(=O)COc2ccc(F)cc2)[C@H](C)C(=O)NC(C)C)c1. The molecule has 2 aromatic carbocycles. The molecule has 0 heterocycles. The second kappa shape index (κ2) is 9.88. The Bertz CT molecular complexity index is 806. The van der Waals surface area contributed by atoms with E-state index in [1.165, 1.54) is 29.2 Å². The number of amides is 2. The van der Waals surface area contributed by atoms with E-state index in [-0.39, 0.29) is 30.3 Å². The third-order valence-corrected chi connectivity index (χ3v) is 4.21. The van der Waals surface area contributed by atoms with E-state index in [1.807, 2.05) is 45.0 Å². The summed E-state index contributed by atoms with van der Waals surface area (Å²) < 4.78 is 18.5. The summed E-state index contributed by atoms with van der Waals surface area (Å²) in [6.07, 6.45) is 0. The molecule has 0 aromatic heterocycles. The van der Waals surface area contributed by atoms with Gasteiger partial charge in [-0.2, -0.15) is 0 Å². The Labute approximate surface area is 165 Å². The molecule has 2 amide bonds. The smallest absolute Gasteiger partial charge is 0.261 e. The largest absolute Gasteiger partial charge is 0.484 e. The maximum absolute atomic E-state index is 13.0. The van der Waals surface area contributed by atoms with E-state index in [0.29, 0.717) is 12.3 Å². The molecule has 0 bridgehead atoms. The maximum atomic E-state index is 13.0. The summed E-state index contributed by atoms with van der Waals surface area (Å²) in [5.74, 6) is -0.529. The Kier molecular flexibility index (Phi) is 7.55. The van der Waals surface area contributed by atoms with Crippen molar-refractivity contribution >= 4 is 11.8 Å². The number of benzene rings is 2. The molecule has 1 atom stereocenters. The Morgan fingerprint density at radius 2 is 1.79 bits per heavy atom. The monoisotopic (exact) mass is 386 g/mol. The van der Waals surface area contributed by atoms with Gasteiger partial charge in [-0.25, -0.2) is 4.39 Å². The van der Waals surface area contributed by atoms with Crippen LogP contribution in [0.25, 0.3) is 0 Å². The predicted molar refractivity (Wildman–Crippen MR) is 106 cm³/mol. The van der Waals surface area contributed by atoms with Crippen LogP contribution in [0.3, 0.4) is 0 Å². The molecule has 2 aromatic rings. The fourth-order valence-electron chi connectivity index (χ4n) is 2.75. The van der Waals surface area contributed by atoms with Gasteiger partial charge in [0.2, 0.25) is 5.91 Å². The van der Waals surface area contributed by atoms with Crippen molar-refractivity contribution in [2.75, 3.05) is 6.61 Å². The summed E-state index contributed by atoms with van der Waals surface area (Å²) >= 11 is 0. The van der Waals surface area contributed by atoms with Crippen molar-refractivity contribution in [3.05, 3.63) is 65.5 Å². The molecular weight excluding hydrogens is 359 g/mol. The van der Waals surface area contributed by atoms with Gasteiger partial charge in [-0.3, -0.25) is 9.59 Å². The van der Waals surface area contributed by atoms with Gasteiger partial charge < -0.3 is 15.0 Å². The van der Waals surface area contributed by atoms with Crippen molar-refractivity contribution in [1.82, 2.24) is 10.2 Å². The molecular formula is C22H27FN2O3. The van der Waals surface area contributed by atoms with Gasteiger partial charge in [0.25, 0.3) is 5.91 Å². The van der Waals surface area contributed by atoms with Crippen molar-refractivity contribution in [2.45, 2.75) is 46.3 Å². The highest BCUT2D eigenvalue weighted by Crippen LogP contribution is 2.14. The molecule has 0 fully saturated rings. The lowest BCUT2D eigenvalue weighted by molar-refractivity contribution is -0.142. The number of nitrogens with zero attached hydrogens (tertiary/aromatic N) is 1. The minimum atomic E-state index is -0.660. The lowest BCUT2D eigenvalue weighted by Gasteiger charge is -2.29. The summed E-state index contributed by atoms with van der Waals surface area (Å²) in [5, 5.41) is 2.84. The summed E-state index contributed by atoms with van der Waals surface area (Å²) in [4.78, 5) is 26.8. The van der Waals surface area contributed by atoms with E-state index in [2.05, 4.69) is 5.32 Å². The van der Waals surface area contributed by atoms with Crippen LogP contribution in [0.15, 0.2) is 48.5 Å². The Morgan fingerprint density at radius 1 is 1.11 bits per heavy atom. The van der Waals surface area contributed by atoms with Gasteiger partial charge in [-0.05, 0) is 57.5 Å². The van der Waals surface area contributed by atoms with Gasteiger partial charge >= 0.3 is 0 Å². The number of hydrogen-bond acceptors (Lipinski definition) is 3. The van der Waals surface area contributed by atoms with E-state index in [0.717, 1.165) is 11.1 Å². The first kappa shape index (κ1) is 21.4. The molecule has 0 saturated heterocycles. The van der Waals surface area contributed by atoms with Crippen LogP contribution >= 0.6 is 0 Å². The zero-order valence-corrected chi connectivity index (χ0v) is 16.7. The first-order chi connectivity index (χ1) is 13.3. The van der Waals surface area contributed by atoms with Crippen LogP contribution in [0.1, 0.15) is 31.9 Å². The van der Waals surface area contributed by atoms with E-state index in [9.17, 15) is 14.0 Å². The molecule has 28 heavy (non-hydrogen) atoms. The van der Waals surface area contributed by atoms with Crippen molar-refractivity contribution in [3.63, 3.8) is 0 Å². The van der Waals surface area contributed by atoms with Gasteiger partial charge in [0.1, 0.15) is 17.6 Å². The zero-order chi connectivity index (χ0) is 20.7. The number of halogens is 1. The van der Waals surface area contributed by atoms with Crippen molar-refractivity contribution in [1.29, 1.82) is 0 Å². The van der Waals surface area contributed by atoms with Gasteiger partial charge in [0.05, 0.1) is 0 Å². The predicted octanol–water partition coefficient (Wildman–Crippen LogP) is 3.45. The second-order valence-corrected chi connectivity index (χ2v) is 7.09. The Balaban J connectivity index is 2.14. The van der Waals surface area contributed by atoms with Gasteiger partial charge in [-0.15, -0.1) is 0 Å². The average Bonchev–Trinajstić information content (AvgIpc) is 2.64. The highest BCUT2D eigenvalue weighted by molar-refractivity contribution is 5.88. The van der Waals surface area contributed by atoms with Crippen molar-refractivity contribution in [2.24, 2.45) is 0 Å². The maximum Gasteiger partial charge on any atom is 0.261 e. The summed E-state index contributed by atoms with van der Waals surface area (Å²) in [5.41, 5.74) is 2.01. The van der Waals surface area contributed by atoms with Gasteiger partial charge in [0, 0.05) is 12.6 Å². The summed E-state index contributed by atoms with van der Waals surface area (Å²) in [6, 6.07) is 12.6. The van der Waals surface area contributed by atoms with E-state index >= 15 is 0 Å². The number of carbonyl (C=O) groups is 2. The minimum Gasteiger partial charge on any atom is -0.484 e. The lowest BCUT2D eigenvalue weighted by atomic mass is 10.1. The molecule has 0 aliphatic carbocycles. The van der Waals surface area contributed by atoms with Crippen LogP contribution in [0.2, 0.25) is 0 Å². The number of hydrogen-bond donors (Lipinski definition) is 1. The van der Waals surface area contributed by atoms with Crippen molar-refractivity contribution < 1.29 is 18.7 Å². The fourth-order valence-corrected chi connectivity index (χ4v) is 2.75. The van der Waals surface area contributed by atoms with Crippen molar-refractivity contribution in [3.8, 4) is 5.75 Å². The third kappa shape index (κ3) is 6.37. The molecule has 1 N–H and O–H groups in total. The lowest BCUT2D eigenvalue weighted by Crippen LogP contribution is -2.50. The molecule has 2 rings (SSSR count). The number of nitrogens with one attached hydrogen (secondary N) is 1. The number of rotatable bonds is 8. The number of carbonyl (C=O) groups excluding carboxylic acids is 2. The van der Waals surface area contributed by atoms with E-state index < -0.39 is 6.04 Å². The fraction of sp³-hybridized carbons (Fsp3) is 0.364. The van der Waals surface area contributed by atoms with Gasteiger partial charge in [0.15, 0.2) is 6.61 Å². The number of ether oxygens (including phenoxy) is 1. The first-order valence-corrected chi connectivity index (χ1v) is 9.30. The Morgan fingerprint density at radius 3 is 2.39 bits per heavy atom. The molecule has 0 saturated carbocycles. The molecule has 0 aliphatic heterocycles. The molecule has 0 spiro atoms. The highest BCUT2D eigenvalue weighted by atomic mass is 19.1. The van der Waals surface area contributed by atoms with E-state index in [4.69, 9.17) is 4.74 Å². The van der Waals surface area contributed by atoms with Gasteiger partial charge in [-0.1, -0.05) is 29.8 Å². The second-order valence-electron chi connectivity index (χ2n) is 7.09. The van der Waals surface area contributed by atoms with Crippen LogP contribution in [0.5, 0.6) is 5.75 Å². The minimum absolute atomic E-state index is 0.0265. The van der Waals surface area contributed by atoms with E-state index in [1.54, 1.807) is 6.92 Å². The molecule has 5 nitrogen and oxygen atoms in total. The highest BCUT2D eigenvalue weighted by Gasteiger charge is 2.26. The first-order valence-electron chi connectivity index (χ1n) is 9.30. The third-order valence-electron chi connectivity index (χ3n) is 4.21. The van der Waals surface area contributed by atoms with Crippen LogP contribution in [0, 0.1) is 12.7 Å². The topological polar surface area (TPSA) is 58.6 Å². The molecule has 150 valence electrons. The average molecular weight is 386 g/mol. The zero-order valence-electron chi connectivity index (χ0n) is 16.7. The van der Waals surface area contributed by atoms with Crippen LogP contribution in [-0.2, 0) is 16.1 Å². The van der Waals surface area contributed by atoms with Crippen LogP contribution in [0.4, 0.5) is 4.39 Å². The molecule has 0 aliphatic rings. The molecule has 6 heteroatoms. The van der Waals surface area contributed by atoms with Crippen LogP contribution in [-0.4, -0.2) is 35.4 Å². The van der Waals surface area contributed by atoms with Crippen LogP contribution < -0.4 is 10.1 Å². The summed E-state index contributed by atoms with van der Waals surface area (Å²) in [7, 11) is 0. The molecule has 0 radical (unpaired) electrons. The number of aryl methyl sites for hydroxylation is 1.